The molecule has 2 aromatic rings. The fraction of sp³-hybridized carbons (Fsp3) is 0.167. The smallest absolute Gasteiger partial charge is 0.135 e. The van der Waals surface area contributed by atoms with Crippen LogP contribution in [-0.2, 0) is 11.2 Å². The predicted molar refractivity (Wildman–Crippen MR) is 63.6 cm³/mol. The van der Waals surface area contributed by atoms with Crippen molar-refractivity contribution in [3.8, 4) is 16.3 Å². The van der Waals surface area contributed by atoms with Gasteiger partial charge in [0.15, 0.2) is 0 Å². The number of rotatable bonds is 3. The highest BCUT2D eigenvalue weighted by Gasteiger charge is 2.06. The van der Waals surface area contributed by atoms with Crippen LogP contribution in [0.25, 0.3) is 10.6 Å². The third-order valence-electron chi connectivity index (χ3n) is 2.10. The van der Waals surface area contributed by atoms with Crippen LogP contribution < -0.4 is 0 Å². The van der Waals surface area contributed by atoms with Gasteiger partial charge in [0.25, 0.3) is 0 Å². The van der Waals surface area contributed by atoms with Gasteiger partial charge >= 0.3 is 0 Å². The van der Waals surface area contributed by atoms with Gasteiger partial charge < -0.3 is 5.11 Å². The molecule has 0 atom stereocenters. The van der Waals surface area contributed by atoms with E-state index < -0.39 is 0 Å². The average molecular weight is 233 g/mol. The Morgan fingerprint density at radius 2 is 2.06 bits per heavy atom. The number of hydrogen-bond acceptors (Lipinski definition) is 4. The van der Waals surface area contributed by atoms with Crippen LogP contribution in [0.4, 0.5) is 0 Å². The van der Waals surface area contributed by atoms with E-state index in [1.165, 1.54) is 11.3 Å². The highest BCUT2D eigenvalue weighted by Crippen LogP contribution is 2.25. The fourth-order valence-corrected chi connectivity index (χ4v) is 2.21. The zero-order chi connectivity index (χ0) is 11.5. The summed E-state index contributed by atoms with van der Waals surface area (Å²) in [4.78, 5) is 15.3. The molecule has 3 nitrogen and oxygen atoms in total. The summed E-state index contributed by atoms with van der Waals surface area (Å²) >= 11 is 1.51. The largest absolute Gasteiger partial charge is 0.508 e. The Hall–Kier alpha value is -1.68. The second-order valence-electron chi connectivity index (χ2n) is 3.57. The van der Waals surface area contributed by atoms with Crippen LogP contribution in [0.1, 0.15) is 12.6 Å². The lowest BCUT2D eigenvalue weighted by molar-refractivity contribution is -0.116. The van der Waals surface area contributed by atoms with Crippen LogP contribution in [-0.4, -0.2) is 15.9 Å². The van der Waals surface area contributed by atoms with Crippen molar-refractivity contribution < 1.29 is 9.90 Å². The van der Waals surface area contributed by atoms with E-state index >= 15 is 0 Å². The third kappa shape index (κ3) is 2.46. The van der Waals surface area contributed by atoms with Gasteiger partial charge in [0.1, 0.15) is 16.5 Å². The Morgan fingerprint density at radius 3 is 2.69 bits per heavy atom. The molecular formula is C12H11NO2S. The molecule has 0 bridgehead atoms. The number of aromatic nitrogens is 1. The lowest BCUT2D eigenvalue weighted by atomic mass is 10.2. The van der Waals surface area contributed by atoms with Crippen molar-refractivity contribution in [3.63, 3.8) is 0 Å². The Labute approximate surface area is 97.4 Å². The Kier molecular flexibility index (Phi) is 3.01. The maximum Gasteiger partial charge on any atom is 0.135 e. The first-order valence-electron chi connectivity index (χ1n) is 4.88. The minimum Gasteiger partial charge on any atom is -0.508 e. The molecule has 16 heavy (non-hydrogen) atoms. The van der Waals surface area contributed by atoms with E-state index in [0.29, 0.717) is 6.42 Å². The fourth-order valence-electron chi connectivity index (χ4n) is 1.38. The number of carbonyl (C=O) groups is 1. The maximum atomic E-state index is 10.9. The molecule has 0 radical (unpaired) electrons. The Bertz CT molecular complexity index is 502. The minimum atomic E-state index is 0.113. The quantitative estimate of drug-likeness (QED) is 0.886. The number of hydrogen-bond donors (Lipinski definition) is 1. The number of phenols is 1. The summed E-state index contributed by atoms with van der Waals surface area (Å²) in [5.41, 5.74) is 1.76. The number of benzene rings is 1. The first kappa shape index (κ1) is 10.8. The molecule has 1 aromatic heterocycles. The summed E-state index contributed by atoms with van der Waals surface area (Å²) < 4.78 is 0. The van der Waals surface area contributed by atoms with E-state index in [1.54, 1.807) is 19.1 Å². The molecule has 0 aliphatic carbocycles. The van der Waals surface area contributed by atoms with Crippen molar-refractivity contribution in [3.05, 3.63) is 35.3 Å². The third-order valence-corrected chi connectivity index (χ3v) is 3.04. The highest BCUT2D eigenvalue weighted by atomic mass is 32.1. The molecule has 0 amide bonds. The van der Waals surface area contributed by atoms with Crippen LogP contribution in [0.15, 0.2) is 29.6 Å². The SMILES string of the molecule is CC(=O)Cc1csc(-c2ccc(O)cc2)n1. The highest BCUT2D eigenvalue weighted by molar-refractivity contribution is 7.13. The molecule has 0 spiro atoms. The monoisotopic (exact) mass is 233 g/mol. The molecule has 4 heteroatoms. The van der Waals surface area contributed by atoms with Gasteiger partial charge in [-0.2, -0.15) is 0 Å². The first-order chi connectivity index (χ1) is 7.65. The number of nitrogens with zero attached hydrogens (tertiary/aromatic N) is 1. The van der Waals surface area contributed by atoms with Gasteiger partial charge in [0.2, 0.25) is 0 Å². The molecule has 0 aliphatic heterocycles. The first-order valence-corrected chi connectivity index (χ1v) is 5.76. The molecule has 82 valence electrons. The van der Waals surface area contributed by atoms with Crippen molar-refractivity contribution in [1.29, 1.82) is 0 Å². The van der Waals surface area contributed by atoms with Crippen molar-refractivity contribution in [2.24, 2.45) is 0 Å². The van der Waals surface area contributed by atoms with Crippen molar-refractivity contribution >= 4 is 17.1 Å². The van der Waals surface area contributed by atoms with E-state index in [2.05, 4.69) is 4.98 Å². The van der Waals surface area contributed by atoms with E-state index in [1.807, 2.05) is 17.5 Å². The predicted octanol–water partition coefficient (Wildman–Crippen LogP) is 2.65. The number of Topliss-reactive ketones (excluding diaryl/α,β-unsaturated/α-hetero) is 1. The molecule has 2 rings (SSSR count). The summed E-state index contributed by atoms with van der Waals surface area (Å²) in [5, 5.41) is 11.9. The van der Waals surface area contributed by atoms with Crippen molar-refractivity contribution in [2.45, 2.75) is 13.3 Å². The zero-order valence-corrected chi connectivity index (χ0v) is 9.62. The van der Waals surface area contributed by atoms with Crippen LogP contribution in [0.3, 0.4) is 0 Å². The summed E-state index contributed by atoms with van der Waals surface area (Å²) in [7, 11) is 0. The van der Waals surface area contributed by atoms with E-state index in [9.17, 15) is 4.79 Å². The summed E-state index contributed by atoms with van der Waals surface area (Å²) in [6.07, 6.45) is 0.384. The van der Waals surface area contributed by atoms with Crippen LogP contribution in [0, 0.1) is 0 Å². The average Bonchev–Trinajstić information content (AvgIpc) is 2.66. The van der Waals surface area contributed by atoms with Gasteiger partial charge in [0, 0.05) is 17.4 Å². The number of carbonyl (C=O) groups excluding carboxylic acids is 1. The minimum absolute atomic E-state index is 0.113. The van der Waals surface area contributed by atoms with Gasteiger partial charge in [0.05, 0.1) is 5.69 Å². The zero-order valence-electron chi connectivity index (χ0n) is 8.80. The van der Waals surface area contributed by atoms with Gasteiger partial charge in [-0.1, -0.05) is 0 Å². The van der Waals surface area contributed by atoms with Crippen LogP contribution in [0.2, 0.25) is 0 Å². The second kappa shape index (κ2) is 4.45. The lowest BCUT2D eigenvalue weighted by Crippen LogP contribution is -1.95. The maximum absolute atomic E-state index is 10.9. The molecule has 0 fully saturated rings. The molecule has 1 aromatic carbocycles. The Morgan fingerprint density at radius 1 is 1.38 bits per heavy atom. The summed E-state index contributed by atoms with van der Waals surface area (Å²) in [6.45, 7) is 1.56. The second-order valence-corrected chi connectivity index (χ2v) is 4.43. The molecular weight excluding hydrogens is 222 g/mol. The molecule has 0 unspecified atom stereocenters. The molecule has 0 saturated carbocycles. The van der Waals surface area contributed by atoms with Crippen LogP contribution >= 0.6 is 11.3 Å². The molecule has 1 heterocycles. The van der Waals surface area contributed by atoms with Gasteiger partial charge in [-0.3, -0.25) is 4.79 Å². The van der Waals surface area contributed by atoms with E-state index in [0.717, 1.165) is 16.3 Å². The summed E-state index contributed by atoms with van der Waals surface area (Å²) in [6, 6.07) is 6.88. The molecule has 0 aliphatic rings. The topological polar surface area (TPSA) is 50.2 Å². The van der Waals surface area contributed by atoms with Crippen molar-refractivity contribution in [1.82, 2.24) is 4.98 Å². The van der Waals surface area contributed by atoms with Crippen molar-refractivity contribution in [2.75, 3.05) is 0 Å². The normalized spacial score (nSPS) is 10.3. The number of ketones is 1. The molecule has 0 saturated heterocycles. The standard InChI is InChI=1S/C12H11NO2S/c1-8(14)6-10-7-16-12(13-10)9-2-4-11(15)5-3-9/h2-5,7,15H,6H2,1H3. The molecule has 1 N–H and O–H groups in total. The van der Waals surface area contributed by atoms with Gasteiger partial charge in [-0.25, -0.2) is 4.98 Å². The van der Waals surface area contributed by atoms with E-state index in [-0.39, 0.29) is 11.5 Å². The number of phenolic OH excluding ortho intramolecular Hbond substituents is 1. The number of thiazole rings is 1. The lowest BCUT2D eigenvalue weighted by Gasteiger charge is -1.96. The Balaban J connectivity index is 2.24. The van der Waals surface area contributed by atoms with Crippen LogP contribution in [0.5, 0.6) is 5.75 Å². The van der Waals surface area contributed by atoms with Gasteiger partial charge in [-0.05, 0) is 31.2 Å². The summed E-state index contributed by atoms with van der Waals surface area (Å²) in [5.74, 6) is 0.354. The van der Waals surface area contributed by atoms with E-state index in [4.69, 9.17) is 5.11 Å². The van der Waals surface area contributed by atoms with Gasteiger partial charge in [-0.15, -0.1) is 11.3 Å². The number of aromatic hydroxyl groups is 1.